The van der Waals surface area contributed by atoms with Gasteiger partial charge in [0.05, 0.1) is 18.8 Å². The van der Waals surface area contributed by atoms with Crippen molar-refractivity contribution in [2.75, 3.05) is 39.8 Å². The van der Waals surface area contributed by atoms with Gasteiger partial charge in [-0.15, -0.1) is 0 Å². The van der Waals surface area contributed by atoms with Gasteiger partial charge in [0.25, 0.3) is 10.2 Å². The second kappa shape index (κ2) is 7.09. The molecule has 3 aliphatic rings. The Labute approximate surface area is 155 Å². The van der Waals surface area contributed by atoms with E-state index in [9.17, 15) is 13.5 Å². The van der Waals surface area contributed by atoms with Crippen LogP contribution in [-0.4, -0.2) is 68.7 Å². The Balaban J connectivity index is 1.56. The van der Waals surface area contributed by atoms with Gasteiger partial charge < -0.3 is 14.7 Å². The maximum Gasteiger partial charge on any atom is 0.280 e. The molecule has 1 aliphatic carbocycles. The first-order valence-electron chi connectivity index (χ1n) is 9.32. The van der Waals surface area contributed by atoms with Gasteiger partial charge in [0, 0.05) is 32.6 Å². The van der Waals surface area contributed by atoms with Crippen LogP contribution in [0.3, 0.4) is 0 Å². The Bertz CT molecular complexity index is 756. The smallest absolute Gasteiger partial charge is 0.280 e. The van der Waals surface area contributed by atoms with Crippen LogP contribution in [0.15, 0.2) is 18.2 Å². The number of hydrogen-bond acceptors (Lipinski definition) is 5. The number of benzene rings is 1. The second-order valence-corrected chi connectivity index (χ2v) is 9.36. The molecular formula is C18H27N3O4S. The van der Waals surface area contributed by atoms with Crippen LogP contribution in [0.1, 0.15) is 30.0 Å². The largest absolute Gasteiger partial charge is 0.493 e. The molecule has 2 heterocycles. The molecule has 0 bridgehead atoms. The lowest BCUT2D eigenvalue weighted by Gasteiger charge is -2.40. The van der Waals surface area contributed by atoms with Crippen LogP contribution in [0.25, 0.3) is 0 Å². The molecule has 26 heavy (non-hydrogen) atoms. The summed E-state index contributed by atoms with van der Waals surface area (Å²) in [5.74, 6) is 1.01. The summed E-state index contributed by atoms with van der Waals surface area (Å²) in [7, 11) is -1.56. The molecule has 144 valence electrons. The van der Waals surface area contributed by atoms with E-state index in [0.717, 1.165) is 36.4 Å². The van der Waals surface area contributed by atoms with Gasteiger partial charge in [-0.2, -0.15) is 17.4 Å². The Morgan fingerprint density at radius 2 is 1.96 bits per heavy atom. The molecule has 7 nitrogen and oxygen atoms in total. The van der Waals surface area contributed by atoms with Crippen molar-refractivity contribution in [2.45, 2.75) is 31.4 Å². The van der Waals surface area contributed by atoms with Crippen molar-refractivity contribution in [1.29, 1.82) is 0 Å². The van der Waals surface area contributed by atoms with Crippen molar-refractivity contribution in [2.24, 2.45) is 5.92 Å². The van der Waals surface area contributed by atoms with E-state index in [4.69, 9.17) is 4.74 Å². The lowest BCUT2D eigenvalue weighted by molar-refractivity contribution is 0.0276. The van der Waals surface area contributed by atoms with Gasteiger partial charge in [-0.25, -0.2) is 0 Å². The van der Waals surface area contributed by atoms with Crippen molar-refractivity contribution in [1.82, 2.24) is 13.9 Å². The van der Waals surface area contributed by atoms with Crippen molar-refractivity contribution in [3.05, 3.63) is 29.3 Å². The molecule has 1 aromatic carbocycles. The van der Waals surface area contributed by atoms with Gasteiger partial charge in [-0.05, 0) is 43.0 Å². The molecule has 0 amide bonds. The Morgan fingerprint density at radius 3 is 2.65 bits per heavy atom. The van der Waals surface area contributed by atoms with Crippen LogP contribution >= 0.6 is 0 Å². The number of piperazine rings is 1. The van der Waals surface area contributed by atoms with Gasteiger partial charge in [0.1, 0.15) is 5.75 Å². The summed E-state index contributed by atoms with van der Waals surface area (Å²) in [5.41, 5.74) is 2.09. The number of rotatable bonds is 5. The van der Waals surface area contributed by atoms with Gasteiger partial charge >= 0.3 is 0 Å². The van der Waals surface area contributed by atoms with Crippen LogP contribution in [0.4, 0.5) is 0 Å². The Hall–Kier alpha value is -1.19. The van der Waals surface area contributed by atoms with Crippen molar-refractivity contribution in [3.8, 4) is 5.75 Å². The number of nitrogens with zero attached hydrogens (tertiary/aromatic N) is 2. The number of ether oxygens (including phenoxy) is 1. The molecule has 4 rings (SSSR count). The maximum absolute atomic E-state index is 12.9. The number of fused-ring (bicyclic) bond motifs is 1. The zero-order valence-electron chi connectivity index (χ0n) is 15.1. The monoisotopic (exact) mass is 381 g/mol. The predicted octanol–water partition coefficient (Wildman–Crippen LogP) is 0.515. The number of aliphatic hydroxyl groups is 1. The Kier molecular flexibility index (Phi) is 4.96. The minimum atomic E-state index is -3.56. The maximum atomic E-state index is 12.9. The van der Waals surface area contributed by atoms with Gasteiger partial charge in [-0.3, -0.25) is 0 Å². The molecule has 1 aromatic rings. The third kappa shape index (κ3) is 3.61. The van der Waals surface area contributed by atoms with E-state index in [2.05, 4.69) is 15.7 Å². The van der Waals surface area contributed by atoms with Crippen molar-refractivity contribution in [3.63, 3.8) is 0 Å². The SMILES string of the molecule is CN1CCN(S(=O)(=O)N[C@@H](c2ccc3c(c2)CCO3)C2CC(O)C2)CC1. The third-order valence-electron chi connectivity index (χ3n) is 5.77. The number of likely N-dealkylation sites (N-methyl/N-ethyl adjacent to an activating group) is 1. The third-order valence-corrected chi connectivity index (χ3v) is 7.37. The summed E-state index contributed by atoms with van der Waals surface area (Å²) >= 11 is 0. The van der Waals surface area contributed by atoms with Crippen LogP contribution in [0, 0.1) is 5.92 Å². The highest BCUT2D eigenvalue weighted by molar-refractivity contribution is 7.87. The van der Waals surface area contributed by atoms with Gasteiger partial charge in [0.15, 0.2) is 0 Å². The molecule has 1 atom stereocenters. The summed E-state index contributed by atoms with van der Waals surface area (Å²) in [6.07, 6.45) is 1.79. The molecule has 0 aromatic heterocycles. The molecule has 8 heteroatoms. The highest BCUT2D eigenvalue weighted by Gasteiger charge is 2.39. The van der Waals surface area contributed by atoms with E-state index >= 15 is 0 Å². The molecule has 0 spiro atoms. The molecule has 1 saturated heterocycles. The first kappa shape index (κ1) is 18.2. The topological polar surface area (TPSA) is 82.1 Å². The number of aliphatic hydroxyl groups excluding tert-OH is 1. The fourth-order valence-electron chi connectivity index (χ4n) is 4.00. The van der Waals surface area contributed by atoms with E-state index in [1.54, 1.807) is 0 Å². The zero-order valence-corrected chi connectivity index (χ0v) is 15.9. The lowest BCUT2D eigenvalue weighted by Crippen LogP contribution is -2.53. The van der Waals surface area contributed by atoms with E-state index in [1.807, 2.05) is 19.2 Å². The summed E-state index contributed by atoms with van der Waals surface area (Å²) in [6, 6.07) is 5.63. The quantitative estimate of drug-likeness (QED) is 0.777. The highest BCUT2D eigenvalue weighted by Crippen LogP contribution is 2.40. The summed E-state index contributed by atoms with van der Waals surface area (Å²) < 4.78 is 35.9. The minimum Gasteiger partial charge on any atom is -0.493 e. The van der Waals surface area contributed by atoms with Crippen LogP contribution in [0.5, 0.6) is 5.75 Å². The first-order chi connectivity index (χ1) is 12.4. The predicted molar refractivity (Wildman–Crippen MR) is 98.2 cm³/mol. The van der Waals surface area contributed by atoms with Crippen LogP contribution < -0.4 is 9.46 Å². The molecule has 1 saturated carbocycles. The molecule has 0 radical (unpaired) electrons. The Morgan fingerprint density at radius 1 is 1.23 bits per heavy atom. The van der Waals surface area contributed by atoms with Crippen molar-refractivity contribution < 1.29 is 18.3 Å². The minimum absolute atomic E-state index is 0.118. The van der Waals surface area contributed by atoms with E-state index in [1.165, 1.54) is 4.31 Å². The summed E-state index contributed by atoms with van der Waals surface area (Å²) in [5, 5.41) is 9.73. The molecule has 2 fully saturated rings. The zero-order chi connectivity index (χ0) is 18.3. The van der Waals surface area contributed by atoms with E-state index in [-0.39, 0.29) is 18.1 Å². The second-order valence-electron chi connectivity index (χ2n) is 7.65. The fourth-order valence-corrected chi connectivity index (χ4v) is 5.44. The summed E-state index contributed by atoms with van der Waals surface area (Å²) in [6.45, 7) is 3.17. The average Bonchev–Trinajstić information content (AvgIpc) is 3.05. The molecular weight excluding hydrogens is 354 g/mol. The normalized spacial score (nSPS) is 28.2. The molecule has 0 unspecified atom stereocenters. The van der Waals surface area contributed by atoms with E-state index in [0.29, 0.717) is 32.5 Å². The van der Waals surface area contributed by atoms with Gasteiger partial charge in [0.2, 0.25) is 0 Å². The number of nitrogens with one attached hydrogen (secondary N) is 1. The molecule has 2 N–H and O–H groups in total. The van der Waals surface area contributed by atoms with Crippen LogP contribution in [-0.2, 0) is 16.6 Å². The standard InChI is InChI=1S/C18H27N3O4S/c1-20-5-7-21(8-6-20)26(23,24)19-18(15-11-16(22)12-15)14-2-3-17-13(10-14)4-9-25-17/h2-3,10,15-16,18-19,22H,4-9,11-12H2,1H3/t15?,16?,18-/m0/s1. The van der Waals surface area contributed by atoms with E-state index < -0.39 is 10.2 Å². The van der Waals surface area contributed by atoms with Gasteiger partial charge in [-0.1, -0.05) is 12.1 Å². The molecule has 2 aliphatic heterocycles. The fraction of sp³-hybridized carbons (Fsp3) is 0.667. The highest BCUT2D eigenvalue weighted by atomic mass is 32.2. The van der Waals surface area contributed by atoms with Crippen LogP contribution in [0.2, 0.25) is 0 Å². The summed E-state index contributed by atoms with van der Waals surface area (Å²) in [4.78, 5) is 2.13. The average molecular weight is 381 g/mol. The number of hydrogen-bond donors (Lipinski definition) is 2. The lowest BCUT2D eigenvalue weighted by atomic mass is 9.75. The first-order valence-corrected chi connectivity index (χ1v) is 10.8. The van der Waals surface area contributed by atoms with Crippen molar-refractivity contribution >= 4 is 10.2 Å².